The number of benzene rings is 1. The van der Waals surface area contributed by atoms with Crippen LogP contribution in [0.4, 0.5) is 17.3 Å². The molecule has 2 aromatic rings. The summed E-state index contributed by atoms with van der Waals surface area (Å²) < 4.78 is 10.6. The molecule has 0 amide bonds. The molecule has 0 unspecified atom stereocenters. The molecule has 6 heteroatoms. The van der Waals surface area contributed by atoms with Gasteiger partial charge in [-0.15, -0.1) is 0 Å². The van der Waals surface area contributed by atoms with E-state index < -0.39 is 0 Å². The van der Waals surface area contributed by atoms with Crippen LogP contribution in [0.1, 0.15) is 5.82 Å². The summed E-state index contributed by atoms with van der Waals surface area (Å²) in [4.78, 5) is 11.2. The fourth-order valence-corrected chi connectivity index (χ4v) is 2.42. The highest BCUT2D eigenvalue weighted by molar-refractivity contribution is 5.61. The summed E-state index contributed by atoms with van der Waals surface area (Å²) in [6.45, 7) is 5.09. The Hall–Kier alpha value is -2.34. The van der Waals surface area contributed by atoms with Gasteiger partial charge in [0.05, 0.1) is 20.3 Å². The first-order valence-corrected chi connectivity index (χ1v) is 7.34. The minimum atomic E-state index is 0.738. The maximum atomic E-state index is 5.39. The van der Waals surface area contributed by atoms with Crippen LogP contribution < -0.4 is 15.0 Å². The number of aromatic nitrogens is 2. The lowest BCUT2D eigenvalue weighted by Crippen LogP contribution is -2.36. The van der Waals surface area contributed by atoms with Crippen LogP contribution in [-0.4, -0.2) is 43.4 Å². The Kier molecular flexibility index (Phi) is 4.39. The second-order valence-electron chi connectivity index (χ2n) is 5.11. The van der Waals surface area contributed by atoms with E-state index in [0.717, 1.165) is 55.2 Å². The van der Waals surface area contributed by atoms with Gasteiger partial charge in [-0.1, -0.05) is 6.07 Å². The fraction of sp³-hybridized carbons (Fsp3) is 0.375. The molecule has 3 rings (SSSR count). The van der Waals surface area contributed by atoms with E-state index >= 15 is 0 Å². The molecule has 1 aromatic heterocycles. The highest BCUT2D eigenvalue weighted by Gasteiger charge is 2.14. The molecule has 0 atom stereocenters. The zero-order chi connectivity index (χ0) is 15.4. The third-order valence-corrected chi connectivity index (χ3v) is 3.50. The Balaban J connectivity index is 1.82. The van der Waals surface area contributed by atoms with E-state index in [-0.39, 0.29) is 0 Å². The maximum Gasteiger partial charge on any atom is 0.136 e. The molecule has 1 saturated heterocycles. The van der Waals surface area contributed by atoms with Gasteiger partial charge in [-0.05, 0) is 19.1 Å². The quantitative estimate of drug-likeness (QED) is 0.935. The van der Waals surface area contributed by atoms with Gasteiger partial charge in [-0.3, -0.25) is 0 Å². The van der Waals surface area contributed by atoms with E-state index in [4.69, 9.17) is 9.47 Å². The van der Waals surface area contributed by atoms with Gasteiger partial charge >= 0.3 is 0 Å². The number of hydrogen-bond acceptors (Lipinski definition) is 6. The van der Waals surface area contributed by atoms with Crippen LogP contribution >= 0.6 is 0 Å². The Morgan fingerprint density at radius 3 is 2.77 bits per heavy atom. The van der Waals surface area contributed by atoms with E-state index in [2.05, 4.69) is 20.2 Å². The van der Waals surface area contributed by atoms with Gasteiger partial charge in [0.15, 0.2) is 0 Å². The van der Waals surface area contributed by atoms with Gasteiger partial charge in [0.1, 0.15) is 23.2 Å². The van der Waals surface area contributed by atoms with Gasteiger partial charge in [-0.25, -0.2) is 9.97 Å². The van der Waals surface area contributed by atoms with Crippen molar-refractivity contribution in [3.63, 3.8) is 0 Å². The lowest BCUT2D eigenvalue weighted by atomic mass is 10.3. The second-order valence-corrected chi connectivity index (χ2v) is 5.11. The molecule has 1 aliphatic heterocycles. The standard InChI is InChI=1S/C16H20N4O2/c1-12-17-15(19-13-4-3-5-14(10-13)21-2)11-16(18-12)20-6-8-22-9-7-20/h3-5,10-11H,6-9H2,1-2H3,(H,17,18,19). The lowest BCUT2D eigenvalue weighted by molar-refractivity contribution is 0.122. The molecule has 1 fully saturated rings. The zero-order valence-corrected chi connectivity index (χ0v) is 12.9. The van der Waals surface area contributed by atoms with Crippen LogP contribution in [-0.2, 0) is 4.74 Å². The maximum absolute atomic E-state index is 5.39. The van der Waals surface area contributed by atoms with E-state index in [9.17, 15) is 0 Å². The van der Waals surface area contributed by atoms with Crippen LogP contribution in [0.25, 0.3) is 0 Å². The first kappa shape index (κ1) is 14.6. The minimum Gasteiger partial charge on any atom is -0.497 e. The molecule has 1 aromatic carbocycles. The van der Waals surface area contributed by atoms with E-state index in [1.165, 1.54) is 0 Å². The summed E-state index contributed by atoms with van der Waals surface area (Å²) in [6.07, 6.45) is 0. The average molecular weight is 300 g/mol. The monoisotopic (exact) mass is 300 g/mol. The Labute approximate surface area is 130 Å². The van der Waals surface area contributed by atoms with Crippen molar-refractivity contribution in [2.75, 3.05) is 43.6 Å². The molecule has 1 aliphatic rings. The number of nitrogens with zero attached hydrogens (tertiary/aromatic N) is 3. The third-order valence-electron chi connectivity index (χ3n) is 3.50. The largest absolute Gasteiger partial charge is 0.497 e. The molecule has 0 saturated carbocycles. The third kappa shape index (κ3) is 3.46. The smallest absolute Gasteiger partial charge is 0.136 e. The number of morpholine rings is 1. The SMILES string of the molecule is COc1cccc(Nc2cc(N3CCOCC3)nc(C)n2)c1. The molecule has 0 spiro atoms. The second kappa shape index (κ2) is 6.62. The number of rotatable bonds is 4. The number of hydrogen-bond donors (Lipinski definition) is 1. The molecular weight excluding hydrogens is 280 g/mol. The van der Waals surface area contributed by atoms with E-state index in [0.29, 0.717) is 0 Å². The van der Waals surface area contributed by atoms with Crippen LogP contribution in [0, 0.1) is 6.92 Å². The topological polar surface area (TPSA) is 59.5 Å². The number of ether oxygens (including phenoxy) is 2. The summed E-state index contributed by atoms with van der Waals surface area (Å²) in [5.41, 5.74) is 0.936. The van der Waals surface area contributed by atoms with Crippen molar-refractivity contribution in [3.05, 3.63) is 36.2 Å². The van der Waals surface area contributed by atoms with Crippen molar-refractivity contribution in [2.45, 2.75) is 6.92 Å². The minimum absolute atomic E-state index is 0.738. The number of methoxy groups -OCH3 is 1. The molecule has 0 radical (unpaired) electrons. The first-order valence-electron chi connectivity index (χ1n) is 7.34. The summed E-state index contributed by atoms with van der Waals surface area (Å²) in [5, 5.41) is 3.31. The highest BCUT2D eigenvalue weighted by Crippen LogP contribution is 2.23. The lowest BCUT2D eigenvalue weighted by Gasteiger charge is -2.28. The van der Waals surface area contributed by atoms with Crippen molar-refractivity contribution in [1.82, 2.24) is 9.97 Å². The van der Waals surface area contributed by atoms with Crippen LogP contribution in [0.2, 0.25) is 0 Å². The number of anilines is 3. The summed E-state index contributed by atoms with van der Waals surface area (Å²) >= 11 is 0. The van der Waals surface area contributed by atoms with Crippen molar-refractivity contribution < 1.29 is 9.47 Å². The molecule has 2 heterocycles. The van der Waals surface area contributed by atoms with Crippen LogP contribution in [0.3, 0.4) is 0 Å². The average Bonchev–Trinajstić information content (AvgIpc) is 2.55. The summed E-state index contributed by atoms with van der Waals surface area (Å²) in [6, 6.07) is 9.74. The molecule has 22 heavy (non-hydrogen) atoms. The van der Waals surface area contributed by atoms with Gasteiger partial charge < -0.3 is 19.7 Å². The van der Waals surface area contributed by atoms with Crippen LogP contribution in [0.5, 0.6) is 5.75 Å². The first-order chi connectivity index (χ1) is 10.7. The molecule has 6 nitrogen and oxygen atoms in total. The van der Waals surface area contributed by atoms with Gasteiger partial charge in [0.25, 0.3) is 0 Å². The van der Waals surface area contributed by atoms with Crippen LogP contribution in [0.15, 0.2) is 30.3 Å². The Morgan fingerprint density at radius 2 is 2.00 bits per heavy atom. The van der Waals surface area contributed by atoms with Gasteiger partial charge in [0, 0.05) is 30.9 Å². The summed E-state index contributed by atoms with van der Waals surface area (Å²) in [5.74, 6) is 3.27. The molecule has 1 N–H and O–H groups in total. The fourth-order valence-electron chi connectivity index (χ4n) is 2.42. The predicted octanol–water partition coefficient (Wildman–Crippen LogP) is 2.37. The van der Waals surface area contributed by atoms with Crippen molar-refractivity contribution >= 4 is 17.3 Å². The van der Waals surface area contributed by atoms with Crippen molar-refractivity contribution in [3.8, 4) is 5.75 Å². The van der Waals surface area contributed by atoms with Gasteiger partial charge in [-0.2, -0.15) is 0 Å². The number of aryl methyl sites for hydroxylation is 1. The molecule has 0 aliphatic carbocycles. The van der Waals surface area contributed by atoms with Crippen molar-refractivity contribution in [2.24, 2.45) is 0 Å². The zero-order valence-electron chi connectivity index (χ0n) is 12.9. The van der Waals surface area contributed by atoms with Gasteiger partial charge in [0.2, 0.25) is 0 Å². The Morgan fingerprint density at radius 1 is 1.18 bits per heavy atom. The number of nitrogens with one attached hydrogen (secondary N) is 1. The summed E-state index contributed by atoms with van der Waals surface area (Å²) in [7, 11) is 1.66. The van der Waals surface area contributed by atoms with E-state index in [1.54, 1.807) is 7.11 Å². The van der Waals surface area contributed by atoms with E-state index in [1.807, 2.05) is 37.3 Å². The van der Waals surface area contributed by atoms with Crippen molar-refractivity contribution in [1.29, 1.82) is 0 Å². The normalized spacial score (nSPS) is 14.7. The molecular formula is C16H20N4O2. The predicted molar refractivity (Wildman–Crippen MR) is 86.1 cm³/mol. The highest BCUT2D eigenvalue weighted by atomic mass is 16.5. The Bertz CT molecular complexity index is 642. The molecule has 116 valence electrons. The molecule has 0 bridgehead atoms.